The van der Waals surface area contributed by atoms with Crippen molar-refractivity contribution in [2.24, 2.45) is 11.3 Å². The molecule has 1 atom stereocenters. The summed E-state index contributed by atoms with van der Waals surface area (Å²) in [6.45, 7) is 22.7. The molecule has 7 rings (SSSR count). The number of hydrogen-bond donors (Lipinski definition) is 0. The largest absolute Gasteiger partial charge is 1.00 e. The van der Waals surface area contributed by atoms with Gasteiger partial charge in [0.15, 0.2) is 0 Å². The summed E-state index contributed by atoms with van der Waals surface area (Å²) in [5.74, 6) is 0.550. The van der Waals surface area contributed by atoms with Crippen LogP contribution in [0.5, 0.6) is 0 Å². The predicted octanol–water partition coefficient (Wildman–Crippen LogP) is 5.75. The second kappa shape index (κ2) is 13.8. The van der Waals surface area contributed by atoms with Crippen molar-refractivity contribution in [3.05, 3.63) is 88.5 Å². The topological polar surface area (TPSA) is 0 Å². The van der Waals surface area contributed by atoms with E-state index in [1.54, 1.807) is 29.8 Å². The first-order valence-electron chi connectivity index (χ1n) is 16.1. The number of halogens is 2. The standard InChI is InChI=1S/C25H25.C13H19.C3H6.2ClH.Zr/c1-14-12-24(3,4)22-8-16-7-17-9-23-19(15(2)13-25(23,5)6)11-21(17)20(16)10-18(14)22;1-11-6-7-12(10-11)13(2)8-4-3-5-9-13;1-3-2;;;/h7-13H,1-6H3;7,10-11H,3-5,8-9H2,1-2H3;1-2H3;2*1H;/q2*-1;;;;+2/p-2. The minimum Gasteiger partial charge on any atom is -1.00 e. The zero-order valence-corrected chi connectivity index (χ0v) is 32.5. The van der Waals surface area contributed by atoms with E-state index in [4.69, 9.17) is 0 Å². The van der Waals surface area contributed by atoms with Gasteiger partial charge in [0, 0.05) is 10.8 Å². The van der Waals surface area contributed by atoms with Crippen LogP contribution in [-0.4, -0.2) is 3.21 Å². The van der Waals surface area contributed by atoms with Crippen LogP contribution >= 0.6 is 0 Å². The molecule has 1 saturated carbocycles. The molecule has 234 valence electrons. The van der Waals surface area contributed by atoms with Gasteiger partial charge in [-0.25, -0.2) is 6.08 Å². The quantitative estimate of drug-likeness (QED) is 0.284. The summed E-state index contributed by atoms with van der Waals surface area (Å²) in [7, 11) is 0. The van der Waals surface area contributed by atoms with Gasteiger partial charge in [0.05, 0.1) is 0 Å². The fourth-order valence-corrected chi connectivity index (χ4v) is 7.80. The molecule has 0 amide bonds. The summed E-state index contributed by atoms with van der Waals surface area (Å²) >= 11 is 1.55. The van der Waals surface area contributed by atoms with E-state index < -0.39 is 0 Å². The monoisotopic (exact) mass is 702 g/mol. The van der Waals surface area contributed by atoms with Gasteiger partial charge in [0.2, 0.25) is 0 Å². The summed E-state index contributed by atoms with van der Waals surface area (Å²) in [6.07, 6.45) is 19.8. The van der Waals surface area contributed by atoms with Crippen LogP contribution < -0.4 is 24.8 Å². The van der Waals surface area contributed by atoms with Gasteiger partial charge in [-0.3, -0.25) is 6.08 Å². The van der Waals surface area contributed by atoms with Crippen molar-refractivity contribution in [3.63, 3.8) is 0 Å². The molecule has 3 aromatic rings. The van der Waals surface area contributed by atoms with Crippen molar-refractivity contribution < 1.29 is 49.0 Å². The number of fused-ring (bicyclic) bond motifs is 5. The number of rotatable bonds is 1. The zero-order valence-electron chi connectivity index (χ0n) is 28.6. The maximum Gasteiger partial charge on any atom is -1.00 e. The SMILES string of the molecule is CC1=CC(C)(C)c2cc3[cH-]c4cc5c(cc4c3cc21)C(C)=CC5(C)C.CC1[C-]=CC(C2(C)CCCCC2)=C1.C[C](C)=[Zr+2].[Cl-].[Cl-]. The predicted molar refractivity (Wildman–Crippen MR) is 183 cm³/mol. The smallest absolute Gasteiger partial charge is 1.00 e. The van der Waals surface area contributed by atoms with Crippen LogP contribution in [0.4, 0.5) is 0 Å². The van der Waals surface area contributed by atoms with Crippen LogP contribution in [0.2, 0.25) is 0 Å². The number of allylic oxidation sites excluding steroid dienone is 8. The average Bonchev–Trinajstić information content (AvgIpc) is 3.60. The molecule has 0 aliphatic heterocycles. The van der Waals surface area contributed by atoms with Crippen molar-refractivity contribution in [2.45, 2.75) is 112 Å². The van der Waals surface area contributed by atoms with Gasteiger partial charge >= 0.3 is 41.3 Å². The van der Waals surface area contributed by atoms with Gasteiger partial charge in [0.1, 0.15) is 0 Å². The second-order valence-electron chi connectivity index (χ2n) is 15.1. The maximum absolute atomic E-state index is 3.37. The summed E-state index contributed by atoms with van der Waals surface area (Å²) in [5.41, 5.74) is 10.9. The molecule has 0 nitrogen and oxygen atoms in total. The molecule has 0 N–H and O–H groups in total. The molecular formula is C41H50Cl2Zr-2. The Kier molecular flexibility index (Phi) is 11.6. The Labute approximate surface area is 295 Å². The molecule has 3 aromatic carbocycles. The van der Waals surface area contributed by atoms with Crippen LogP contribution in [0.25, 0.3) is 32.7 Å². The van der Waals surface area contributed by atoms with E-state index in [-0.39, 0.29) is 35.6 Å². The van der Waals surface area contributed by atoms with Crippen molar-refractivity contribution in [1.82, 2.24) is 0 Å². The Morgan fingerprint density at radius 3 is 1.59 bits per heavy atom. The van der Waals surface area contributed by atoms with E-state index in [2.05, 4.69) is 130 Å². The maximum atomic E-state index is 3.37. The molecule has 0 bridgehead atoms. The molecule has 3 heteroatoms. The normalized spacial score (nSPS) is 21.4. The van der Waals surface area contributed by atoms with E-state index in [9.17, 15) is 0 Å². The number of hydrogen-bond acceptors (Lipinski definition) is 0. The molecule has 0 aromatic heterocycles. The van der Waals surface area contributed by atoms with Crippen LogP contribution in [-0.2, 0) is 35.1 Å². The summed E-state index contributed by atoms with van der Waals surface area (Å²) in [4.78, 5) is 0. The van der Waals surface area contributed by atoms with Gasteiger partial charge in [-0.2, -0.15) is 11.6 Å². The van der Waals surface area contributed by atoms with Crippen molar-refractivity contribution in [1.29, 1.82) is 0 Å². The van der Waals surface area contributed by atoms with Crippen molar-refractivity contribution >= 4 is 35.9 Å². The molecule has 0 radical (unpaired) electrons. The molecule has 4 aliphatic carbocycles. The Morgan fingerprint density at radius 1 is 0.773 bits per heavy atom. The van der Waals surface area contributed by atoms with Crippen LogP contribution in [0.1, 0.15) is 124 Å². The minimum absolute atomic E-state index is 0. The summed E-state index contributed by atoms with van der Waals surface area (Å²) < 4.78 is 1.51. The first-order valence-corrected chi connectivity index (χ1v) is 17.3. The van der Waals surface area contributed by atoms with E-state index in [1.165, 1.54) is 90.3 Å². The van der Waals surface area contributed by atoms with Crippen molar-refractivity contribution in [3.8, 4) is 0 Å². The molecule has 4 aliphatic rings. The van der Waals surface area contributed by atoms with Gasteiger partial charge in [-0.05, 0) is 36.1 Å². The summed E-state index contributed by atoms with van der Waals surface area (Å²) in [6, 6.07) is 12.1. The third kappa shape index (κ3) is 7.27. The zero-order chi connectivity index (χ0) is 30.6. The number of benzene rings is 2. The third-order valence-corrected chi connectivity index (χ3v) is 9.96. The van der Waals surface area contributed by atoms with E-state index >= 15 is 0 Å². The van der Waals surface area contributed by atoms with Gasteiger partial charge < -0.3 is 24.8 Å². The van der Waals surface area contributed by atoms with Crippen molar-refractivity contribution in [2.75, 3.05) is 0 Å². The Bertz CT molecular complexity index is 1580. The first-order chi connectivity index (χ1) is 19.6. The van der Waals surface area contributed by atoms with Gasteiger partial charge in [-0.15, -0.1) is 39.7 Å². The van der Waals surface area contributed by atoms with Crippen LogP contribution in [0.15, 0.2) is 60.2 Å². The second-order valence-corrected chi connectivity index (χ2v) is 17.5. The Morgan fingerprint density at radius 2 is 1.20 bits per heavy atom. The molecule has 1 fully saturated rings. The molecule has 0 saturated heterocycles. The molecule has 0 heterocycles. The molecule has 0 spiro atoms. The molecule has 1 unspecified atom stereocenters. The third-order valence-electron chi connectivity index (χ3n) is 9.96. The Hall–Kier alpha value is -1.40. The van der Waals surface area contributed by atoms with Crippen LogP contribution in [0.3, 0.4) is 0 Å². The molecular weight excluding hydrogens is 655 g/mol. The fraction of sp³-hybridized carbons (Fsp3) is 0.463. The van der Waals surface area contributed by atoms with Crippen LogP contribution in [0, 0.1) is 17.4 Å². The minimum atomic E-state index is 0. The van der Waals surface area contributed by atoms with Gasteiger partial charge in [0.25, 0.3) is 0 Å². The average molecular weight is 705 g/mol. The van der Waals surface area contributed by atoms with E-state index in [0.29, 0.717) is 11.3 Å². The fourth-order valence-electron chi connectivity index (χ4n) is 7.80. The van der Waals surface area contributed by atoms with Gasteiger partial charge in [-0.1, -0.05) is 120 Å². The van der Waals surface area contributed by atoms with E-state index in [1.807, 2.05) is 0 Å². The molecule has 44 heavy (non-hydrogen) atoms. The van der Waals surface area contributed by atoms with E-state index in [0.717, 1.165) is 0 Å². The summed E-state index contributed by atoms with van der Waals surface area (Å²) in [5, 5.41) is 5.57. The first kappa shape index (κ1) is 37.1. The Balaban J connectivity index is 0.000000236.